The van der Waals surface area contributed by atoms with Crippen LogP contribution in [-0.2, 0) is 9.59 Å². The molecule has 9 heteroatoms. The van der Waals surface area contributed by atoms with Crippen LogP contribution in [0.4, 0.5) is 0 Å². The highest BCUT2D eigenvalue weighted by Gasteiger charge is 2.28. The van der Waals surface area contributed by atoms with Crippen molar-refractivity contribution in [3.05, 3.63) is 39.9 Å². The molecule has 33 heavy (non-hydrogen) atoms. The van der Waals surface area contributed by atoms with E-state index in [1.165, 1.54) is 6.08 Å². The summed E-state index contributed by atoms with van der Waals surface area (Å²) in [6.07, 6.45) is 4.70. The maximum atomic E-state index is 12.6. The zero-order valence-corrected chi connectivity index (χ0v) is 20.5. The Labute approximate surface area is 205 Å². The van der Waals surface area contributed by atoms with Gasteiger partial charge in [-0.25, -0.2) is 0 Å². The zero-order valence-electron chi connectivity index (χ0n) is 19.0. The number of aliphatic hydroxyl groups excluding tert-OH is 2. The Hall–Kier alpha value is -1.64. The summed E-state index contributed by atoms with van der Waals surface area (Å²) >= 11 is 11.9. The molecule has 7 nitrogen and oxygen atoms in total. The van der Waals surface area contributed by atoms with Crippen molar-refractivity contribution in [3.8, 4) is 0 Å². The SMILES string of the molecule is C[C@@H]1[C@@H](O)CCCN1CC(O)CCN1CCN(C(=O)C=Cc2ccc(Cl)c(Cl)c2)CCC1=O. The second-order valence-electron chi connectivity index (χ2n) is 8.85. The molecule has 1 aromatic rings. The summed E-state index contributed by atoms with van der Waals surface area (Å²) in [5.41, 5.74) is 0.773. The predicted octanol–water partition coefficient (Wildman–Crippen LogP) is 2.66. The van der Waals surface area contributed by atoms with Gasteiger partial charge in [0.15, 0.2) is 0 Å². The molecule has 0 aromatic heterocycles. The van der Waals surface area contributed by atoms with E-state index in [0.29, 0.717) is 49.2 Å². The maximum Gasteiger partial charge on any atom is 0.246 e. The molecule has 3 rings (SSSR count). The molecular formula is C24H33Cl2N3O4. The Morgan fingerprint density at radius 2 is 2.00 bits per heavy atom. The molecule has 2 amide bonds. The first kappa shape index (κ1) is 26.0. The Balaban J connectivity index is 1.47. The second-order valence-corrected chi connectivity index (χ2v) is 9.66. The van der Waals surface area contributed by atoms with Crippen LogP contribution in [0.3, 0.4) is 0 Å². The van der Waals surface area contributed by atoms with Crippen molar-refractivity contribution in [1.82, 2.24) is 14.7 Å². The van der Waals surface area contributed by atoms with Crippen LogP contribution in [0.1, 0.15) is 38.2 Å². The number of carbonyl (C=O) groups excluding carboxylic acids is 2. The molecule has 0 saturated carbocycles. The molecule has 0 bridgehead atoms. The van der Waals surface area contributed by atoms with Crippen molar-refractivity contribution in [1.29, 1.82) is 0 Å². The maximum absolute atomic E-state index is 12.6. The third-order valence-electron chi connectivity index (χ3n) is 6.52. The van der Waals surface area contributed by atoms with Gasteiger partial charge >= 0.3 is 0 Å². The van der Waals surface area contributed by atoms with Gasteiger partial charge in [-0.3, -0.25) is 14.5 Å². The lowest BCUT2D eigenvalue weighted by molar-refractivity contribution is -0.130. The van der Waals surface area contributed by atoms with Crippen molar-refractivity contribution in [2.24, 2.45) is 0 Å². The van der Waals surface area contributed by atoms with E-state index in [-0.39, 0.29) is 30.4 Å². The lowest BCUT2D eigenvalue weighted by Crippen LogP contribution is -2.49. The van der Waals surface area contributed by atoms with E-state index in [9.17, 15) is 19.8 Å². The van der Waals surface area contributed by atoms with Gasteiger partial charge < -0.3 is 20.0 Å². The third kappa shape index (κ3) is 7.42. The number of halogens is 2. The summed E-state index contributed by atoms with van der Waals surface area (Å²) in [4.78, 5) is 30.7. The van der Waals surface area contributed by atoms with Crippen molar-refractivity contribution >= 4 is 41.1 Å². The van der Waals surface area contributed by atoms with E-state index in [4.69, 9.17) is 23.2 Å². The van der Waals surface area contributed by atoms with E-state index < -0.39 is 6.10 Å². The number of hydrogen-bond donors (Lipinski definition) is 2. The molecule has 1 unspecified atom stereocenters. The van der Waals surface area contributed by atoms with Gasteiger partial charge in [-0.2, -0.15) is 0 Å². The normalized spacial score (nSPS) is 23.7. The standard InChI is InChI=1S/C24H33Cl2N3O4/c1-17-22(31)3-2-10-29(17)16-19(30)8-11-27-13-14-28(12-9-24(27)33)23(32)7-5-18-4-6-20(25)21(26)15-18/h4-7,15,17,19,22,30-31H,2-3,8-14,16H2,1H3/t17-,19?,22+/m1/s1. The minimum Gasteiger partial charge on any atom is -0.392 e. The van der Waals surface area contributed by atoms with E-state index in [1.54, 1.807) is 34.1 Å². The fourth-order valence-electron chi connectivity index (χ4n) is 4.33. The molecule has 182 valence electrons. The first-order valence-corrected chi connectivity index (χ1v) is 12.3. The molecule has 2 aliphatic heterocycles. The van der Waals surface area contributed by atoms with Gasteiger partial charge in [0, 0.05) is 51.3 Å². The third-order valence-corrected chi connectivity index (χ3v) is 7.26. The molecular weight excluding hydrogens is 465 g/mol. The van der Waals surface area contributed by atoms with Crippen molar-refractivity contribution in [2.45, 2.75) is 50.9 Å². The number of amides is 2. The number of β-amino-alcohol motifs (C(OH)–C–C–N with tert-alkyl or cyclic N) is 1. The number of nitrogens with zero attached hydrogens (tertiary/aromatic N) is 3. The van der Waals surface area contributed by atoms with E-state index in [2.05, 4.69) is 4.90 Å². The number of aliphatic hydroxyl groups is 2. The monoisotopic (exact) mass is 497 g/mol. The van der Waals surface area contributed by atoms with Crippen LogP contribution in [-0.4, -0.2) is 94.2 Å². The highest BCUT2D eigenvalue weighted by atomic mass is 35.5. The summed E-state index contributed by atoms with van der Waals surface area (Å²) in [5, 5.41) is 21.4. The lowest BCUT2D eigenvalue weighted by atomic mass is 9.99. The van der Waals surface area contributed by atoms with Gasteiger partial charge in [0.2, 0.25) is 11.8 Å². The average Bonchev–Trinajstić information content (AvgIpc) is 2.97. The minimum atomic E-state index is -0.569. The molecule has 3 atom stereocenters. The second kappa shape index (κ2) is 12.2. The number of carbonyl (C=O) groups is 2. The summed E-state index contributed by atoms with van der Waals surface area (Å²) in [6.45, 7) is 5.04. The van der Waals surface area contributed by atoms with Gasteiger partial charge in [0.05, 0.1) is 22.3 Å². The van der Waals surface area contributed by atoms with Crippen LogP contribution in [0.5, 0.6) is 0 Å². The zero-order chi connectivity index (χ0) is 24.0. The number of hydrogen-bond acceptors (Lipinski definition) is 5. The van der Waals surface area contributed by atoms with E-state index >= 15 is 0 Å². The highest BCUT2D eigenvalue weighted by molar-refractivity contribution is 6.42. The fraction of sp³-hybridized carbons (Fsp3) is 0.583. The molecule has 0 radical (unpaired) electrons. The number of piperidine rings is 1. The highest BCUT2D eigenvalue weighted by Crippen LogP contribution is 2.23. The largest absolute Gasteiger partial charge is 0.392 e. The average molecular weight is 498 g/mol. The number of benzene rings is 1. The number of likely N-dealkylation sites (tertiary alicyclic amines) is 1. The molecule has 2 saturated heterocycles. The molecule has 2 fully saturated rings. The summed E-state index contributed by atoms with van der Waals surface area (Å²) < 4.78 is 0. The molecule has 2 heterocycles. The first-order valence-electron chi connectivity index (χ1n) is 11.5. The first-order chi connectivity index (χ1) is 15.7. The summed E-state index contributed by atoms with van der Waals surface area (Å²) in [7, 11) is 0. The quantitative estimate of drug-likeness (QED) is 0.565. The Kier molecular flexibility index (Phi) is 9.58. The molecule has 2 aliphatic rings. The van der Waals surface area contributed by atoms with Crippen molar-refractivity contribution in [2.75, 3.05) is 39.3 Å². The van der Waals surface area contributed by atoms with Crippen LogP contribution < -0.4 is 0 Å². The molecule has 0 aliphatic carbocycles. The predicted molar refractivity (Wildman–Crippen MR) is 130 cm³/mol. The summed E-state index contributed by atoms with van der Waals surface area (Å²) in [6, 6.07) is 5.18. The van der Waals surface area contributed by atoms with Gasteiger partial charge in [0.1, 0.15) is 0 Å². The molecule has 0 spiro atoms. The topological polar surface area (TPSA) is 84.3 Å². The van der Waals surface area contributed by atoms with Crippen LogP contribution >= 0.6 is 23.2 Å². The van der Waals surface area contributed by atoms with Gasteiger partial charge in [-0.05, 0) is 56.5 Å². The Morgan fingerprint density at radius 3 is 2.76 bits per heavy atom. The van der Waals surface area contributed by atoms with Crippen molar-refractivity contribution < 1.29 is 19.8 Å². The van der Waals surface area contributed by atoms with Gasteiger partial charge in [0.25, 0.3) is 0 Å². The smallest absolute Gasteiger partial charge is 0.246 e. The van der Waals surface area contributed by atoms with Crippen LogP contribution in [0, 0.1) is 0 Å². The fourth-order valence-corrected chi connectivity index (χ4v) is 4.64. The van der Waals surface area contributed by atoms with Crippen LogP contribution in [0.25, 0.3) is 6.08 Å². The molecule has 2 N–H and O–H groups in total. The summed E-state index contributed by atoms with van der Waals surface area (Å²) in [5.74, 6) is -0.166. The Bertz CT molecular complexity index is 866. The van der Waals surface area contributed by atoms with Gasteiger partial charge in [-0.1, -0.05) is 29.3 Å². The van der Waals surface area contributed by atoms with Crippen LogP contribution in [0.2, 0.25) is 10.0 Å². The van der Waals surface area contributed by atoms with Crippen molar-refractivity contribution in [3.63, 3.8) is 0 Å². The number of rotatable bonds is 7. The molecule has 1 aromatic carbocycles. The van der Waals surface area contributed by atoms with Gasteiger partial charge in [-0.15, -0.1) is 0 Å². The van der Waals surface area contributed by atoms with E-state index in [0.717, 1.165) is 24.9 Å². The van der Waals surface area contributed by atoms with Crippen LogP contribution in [0.15, 0.2) is 24.3 Å². The lowest BCUT2D eigenvalue weighted by Gasteiger charge is -2.38. The van der Waals surface area contributed by atoms with E-state index in [1.807, 2.05) is 6.92 Å². The Morgan fingerprint density at radius 1 is 1.21 bits per heavy atom. The minimum absolute atomic E-state index is 0.00674.